The van der Waals surface area contributed by atoms with Crippen LogP contribution in [-0.4, -0.2) is 21.6 Å². The van der Waals surface area contributed by atoms with Gasteiger partial charge in [0.05, 0.1) is 12.5 Å². The molecular formula is C16H24ClN3O. The summed E-state index contributed by atoms with van der Waals surface area (Å²) in [5.74, 6) is 2.06. The van der Waals surface area contributed by atoms with E-state index in [1.165, 1.54) is 0 Å². The number of alkyl halides is 1. The van der Waals surface area contributed by atoms with Gasteiger partial charge in [0.15, 0.2) is 5.65 Å². The van der Waals surface area contributed by atoms with Crippen LogP contribution in [0.1, 0.15) is 57.8 Å². The molecule has 0 radical (unpaired) electrons. The van der Waals surface area contributed by atoms with Crippen molar-refractivity contribution < 1.29 is 4.74 Å². The second-order valence-electron chi connectivity index (χ2n) is 5.47. The Kier molecular flexibility index (Phi) is 5.09. The Morgan fingerprint density at radius 1 is 1.19 bits per heavy atom. The molecule has 0 fully saturated rings. The van der Waals surface area contributed by atoms with Gasteiger partial charge in [-0.2, -0.15) is 4.98 Å². The van der Waals surface area contributed by atoms with Gasteiger partial charge in [0, 0.05) is 12.1 Å². The van der Waals surface area contributed by atoms with Gasteiger partial charge in [-0.15, -0.1) is 11.6 Å². The first kappa shape index (κ1) is 16.1. The van der Waals surface area contributed by atoms with Gasteiger partial charge in [-0.25, -0.2) is 4.98 Å². The lowest BCUT2D eigenvalue weighted by molar-refractivity contribution is 0.330. The topological polar surface area (TPSA) is 39.9 Å². The molecule has 2 unspecified atom stereocenters. The third-order valence-corrected chi connectivity index (χ3v) is 4.44. The fourth-order valence-corrected chi connectivity index (χ4v) is 3.11. The lowest BCUT2D eigenvalue weighted by Crippen LogP contribution is -2.18. The minimum atomic E-state index is -0.151. The maximum absolute atomic E-state index is 6.35. The zero-order chi connectivity index (χ0) is 15.6. The van der Waals surface area contributed by atoms with E-state index in [0.717, 1.165) is 29.8 Å². The molecule has 0 aliphatic rings. The highest BCUT2D eigenvalue weighted by Crippen LogP contribution is 2.33. The fourth-order valence-electron chi connectivity index (χ4n) is 2.95. The molecule has 21 heavy (non-hydrogen) atoms. The van der Waals surface area contributed by atoms with E-state index in [4.69, 9.17) is 16.3 Å². The Morgan fingerprint density at radius 3 is 2.38 bits per heavy atom. The van der Waals surface area contributed by atoms with Gasteiger partial charge in [0.2, 0.25) is 5.88 Å². The molecular weight excluding hydrogens is 286 g/mol. The van der Waals surface area contributed by atoms with Crippen LogP contribution >= 0.6 is 11.6 Å². The minimum Gasteiger partial charge on any atom is -0.481 e. The van der Waals surface area contributed by atoms with Crippen molar-refractivity contribution in [1.29, 1.82) is 0 Å². The molecule has 0 aromatic carbocycles. The number of ether oxygens (including phenoxy) is 1. The molecule has 0 saturated heterocycles. The average Bonchev–Trinajstić information content (AvgIpc) is 2.86. The first-order valence-electron chi connectivity index (χ1n) is 7.60. The maximum atomic E-state index is 6.35. The molecule has 0 N–H and O–H groups in total. The molecule has 4 nitrogen and oxygen atoms in total. The molecule has 0 aliphatic heterocycles. The molecule has 0 aliphatic carbocycles. The van der Waals surface area contributed by atoms with Crippen LogP contribution in [0.5, 0.6) is 5.88 Å². The zero-order valence-corrected chi connectivity index (χ0v) is 14.2. The highest BCUT2D eigenvalue weighted by Gasteiger charge is 2.24. The smallest absolute Gasteiger partial charge is 0.215 e. The lowest BCUT2D eigenvalue weighted by Gasteiger charge is -2.25. The molecule has 0 amide bonds. The molecule has 0 saturated carbocycles. The fraction of sp³-hybridized carbons (Fsp3) is 0.625. The number of imidazole rings is 1. The van der Waals surface area contributed by atoms with Crippen molar-refractivity contribution in [2.75, 3.05) is 7.11 Å². The molecule has 116 valence electrons. The summed E-state index contributed by atoms with van der Waals surface area (Å²) in [7, 11) is 1.63. The molecule has 2 rings (SSSR count). The highest BCUT2D eigenvalue weighted by atomic mass is 35.5. The Labute approximate surface area is 131 Å². The zero-order valence-electron chi connectivity index (χ0n) is 13.4. The van der Waals surface area contributed by atoms with Crippen LogP contribution in [-0.2, 0) is 0 Å². The van der Waals surface area contributed by atoms with E-state index in [1.807, 2.05) is 19.1 Å². The van der Waals surface area contributed by atoms with Crippen LogP contribution in [0.25, 0.3) is 11.2 Å². The number of aromatic nitrogens is 3. The molecule has 2 heterocycles. The van der Waals surface area contributed by atoms with E-state index < -0.39 is 0 Å². The van der Waals surface area contributed by atoms with Gasteiger partial charge >= 0.3 is 0 Å². The van der Waals surface area contributed by atoms with Crippen LogP contribution < -0.4 is 4.74 Å². The maximum Gasteiger partial charge on any atom is 0.215 e. The van der Waals surface area contributed by atoms with Gasteiger partial charge in [0.25, 0.3) is 0 Å². The summed E-state index contributed by atoms with van der Waals surface area (Å²) in [5, 5.41) is -0.151. The minimum absolute atomic E-state index is 0.151. The number of rotatable bonds is 6. The van der Waals surface area contributed by atoms with Crippen molar-refractivity contribution in [1.82, 2.24) is 14.5 Å². The predicted octanol–water partition coefficient (Wildman–Crippen LogP) is 4.74. The summed E-state index contributed by atoms with van der Waals surface area (Å²) in [6.07, 6.45) is 2.24. The van der Waals surface area contributed by atoms with E-state index >= 15 is 0 Å². The standard InChI is InChI=1S/C16H24ClN3O/c1-6-12(7-2)11(4)20-15(10(3)17)18-13-8-9-14(21-5)19-16(13)20/h8-12H,6-7H2,1-5H3. The number of halogens is 1. The van der Waals surface area contributed by atoms with Crippen molar-refractivity contribution in [2.45, 2.75) is 52.0 Å². The first-order chi connectivity index (χ1) is 10.0. The number of nitrogens with zero attached hydrogens (tertiary/aromatic N) is 3. The van der Waals surface area contributed by atoms with Gasteiger partial charge in [0.1, 0.15) is 11.3 Å². The number of pyridine rings is 1. The molecule has 2 aromatic rings. The summed E-state index contributed by atoms with van der Waals surface area (Å²) in [5.41, 5.74) is 1.73. The van der Waals surface area contributed by atoms with Gasteiger partial charge in [-0.3, -0.25) is 0 Å². The summed E-state index contributed by atoms with van der Waals surface area (Å²) in [4.78, 5) is 9.26. The lowest BCUT2D eigenvalue weighted by atomic mass is 9.95. The molecule has 0 spiro atoms. The van der Waals surface area contributed by atoms with E-state index in [2.05, 4.69) is 35.3 Å². The third kappa shape index (κ3) is 3.00. The first-order valence-corrected chi connectivity index (χ1v) is 8.03. The second kappa shape index (κ2) is 6.65. The predicted molar refractivity (Wildman–Crippen MR) is 87.1 cm³/mol. The summed E-state index contributed by atoms with van der Waals surface area (Å²) < 4.78 is 7.44. The van der Waals surface area contributed by atoms with Crippen LogP contribution in [0.2, 0.25) is 0 Å². The monoisotopic (exact) mass is 309 g/mol. The van der Waals surface area contributed by atoms with E-state index in [9.17, 15) is 0 Å². The average molecular weight is 310 g/mol. The third-order valence-electron chi connectivity index (χ3n) is 4.24. The van der Waals surface area contributed by atoms with Gasteiger partial charge in [-0.1, -0.05) is 26.7 Å². The van der Waals surface area contributed by atoms with Crippen LogP contribution in [0.4, 0.5) is 0 Å². The summed E-state index contributed by atoms with van der Waals surface area (Å²) in [6.45, 7) is 8.63. The summed E-state index contributed by atoms with van der Waals surface area (Å²) in [6, 6.07) is 4.09. The quantitative estimate of drug-likeness (QED) is 0.724. The van der Waals surface area contributed by atoms with Crippen LogP contribution in [0.3, 0.4) is 0 Å². The van der Waals surface area contributed by atoms with Crippen molar-refractivity contribution in [2.24, 2.45) is 5.92 Å². The largest absolute Gasteiger partial charge is 0.481 e. The number of methoxy groups -OCH3 is 1. The van der Waals surface area contributed by atoms with Gasteiger partial charge in [-0.05, 0) is 25.8 Å². The number of fused-ring (bicyclic) bond motifs is 1. The SMILES string of the molecule is CCC(CC)C(C)n1c(C(C)Cl)nc2ccc(OC)nc21. The summed E-state index contributed by atoms with van der Waals surface area (Å²) >= 11 is 6.35. The Balaban J connectivity index is 2.64. The van der Waals surface area contributed by atoms with Crippen molar-refractivity contribution >= 4 is 22.8 Å². The van der Waals surface area contributed by atoms with Crippen LogP contribution in [0.15, 0.2) is 12.1 Å². The molecule has 0 bridgehead atoms. The Bertz CT molecular complexity index is 605. The van der Waals surface area contributed by atoms with Crippen LogP contribution in [0, 0.1) is 5.92 Å². The van der Waals surface area contributed by atoms with E-state index in [-0.39, 0.29) is 5.38 Å². The molecule has 2 aromatic heterocycles. The molecule has 5 heteroatoms. The van der Waals surface area contributed by atoms with Crippen molar-refractivity contribution in [3.63, 3.8) is 0 Å². The van der Waals surface area contributed by atoms with E-state index in [0.29, 0.717) is 17.8 Å². The second-order valence-corrected chi connectivity index (χ2v) is 6.12. The Hall–Kier alpha value is -1.29. The molecule has 2 atom stereocenters. The highest BCUT2D eigenvalue weighted by molar-refractivity contribution is 6.20. The van der Waals surface area contributed by atoms with Gasteiger partial charge < -0.3 is 9.30 Å². The van der Waals surface area contributed by atoms with Crippen molar-refractivity contribution in [3.05, 3.63) is 18.0 Å². The number of hydrogen-bond acceptors (Lipinski definition) is 3. The Morgan fingerprint density at radius 2 is 1.86 bits per heavy atom. The van der Waals surface area contributed by atoms with E-state index in [1.54, 1.807) is 7.11 Å². The normalized spacial score (nSPS) is 14.6. The van der Waals surface area contributed by atoms with Crippen molar-refractivity contribution in [3.8, 4) is 5.88 Å². The number of hydrogen-bond donors (Lipinski definition) is 0.